The molecule has 2 heterocycles. The summed E-state index contributed by atoms with van der Waals surface area (Å²) in [6.45, 7) is 2.34. The van der Waals surface area contributed by atoms with Crippen molar-refractivity contribution in [3.63, 3.8) is 0 Å². The number of likely N-dealkylation sites (N-methyl/N-ethyl adjacent to an activating group) is 1. The van der Waals surface area contributed by atoms with Crippen LogP contribution >= 0.6 is 0 Å². The number of carbonyl (C=O) groups is 1. The molecule has 3 unspecified atom stereocenters. The van der Waals surface area contributed by atoms with Crippen LogP contribution in [0.4, 0.5) is 0 Å². The van der Waals surface area contributed by atoms with Crippen molar-refractivity contribution in [2.24, 2.45) is 7.05 Å². The van der Waals surface area contributed by atoms with Gasteiger partial charge in [0.2, 0.25) is 0 Å². The predicted octanol–water partition coefficient (Wildman–Crippen LogP) is 3.34. The standard InChI is InChI=1S/C25H27N3OSe/c1-25-16-20(30-18-12-8-5-9-13-18)24(29)27(2)21(25)15-14-19-22(28(3)26-23(19)25)17-10-6-4-7-11-17/h4-13,20-21H,14-16H2,1-3H3. The Bertz CT molecular complexity index is 1080. The fourth-order valence-corrected chi connectivity index (χ4v) is 8.25. The van der Waals surface area contributed by atoms with Gasteiger partial charge in [0.05, 0.1) is 0 Å². The molecule has 4 nitrogen and oxygen atoms in total. The maximum absolute atomic E-state index is 13.2. The molecule has 0 bridgehead atoms. The molecule has 1 amide bonds. The van der Waals surface area contributed by atoms with E-state index in [2.05, 4.69) is 73.3 Å². The quantitative estimate of drug-likeness (QED) is 0.558. The number of aryl methyl sites for hydroxylation is 1. The second-order valence-corrected chi connectivity index (χ2v) is 11.4. The van der Waals surface area contributed by atoms with Gasteiger partial charge in [0.15, 0.2) is 0 Å². The molecule has 0 radical (unpaired) electrons. The number of fused-ring (bicyclic) bond motifs is 3. The van der Waals surface area contributed by atoms with Gasteiger partial charge in [-0.05, 0) is 0 Å². The van der Waals surface area contributed by atoms with Crippen LogP contribution in [0.15, 0.2) is 60.7 Å². The Morgan fingerprint density at radius 3 is 2.40 bits per heavy atom. The van der Waals surface area contributed by atoms with Crippen LogP contribution in [0.5, 0.6) is 0 Å². The second-order valence-electron chi connectivity index (χ2n) is 8.71. The van der Waals surface area contributed by atoms with Crippen LogP contribution in [0.1, 0.15) is 31.0 Å². The molecule has 3 aromatic rings. The van der Waals surface area contributed by atoms with Crippen LogP contribution in [0.25, 0.3) is 11.3 Å². The number of hydrogen-bond acceptors (Lipinski definition) is 2. The van der Waals surface area contributed by atoms with E-state index in [4.69, 9.17) is 5.10 Å². The van der Waals surface area contributed by atoms with Crippen molar-refractivity contribution in [1.29, 1.82) is 0 Å². The van der Waals surface area contributed by atoms with E-state index in [0.29, 0.717) is 5.91 Å². The summed E-state index contributed by atoms with van der Waals surface area (Å²) in [5.41, 5.74) is 4.92. The van der Waals surface area contributed by atoms with Crippen molar-refractivity contribution in [2.45, 2.75) is 42.5 Å². The van der Waals surface area contributed by atoms with Crippen molar-refractivity contribution in [3.05, 3.63) is 71.9 Å². The van der Waals surface area contributed by atoms with Gasteiger partial charge in [-0.3, -0.25) is 0 Å². The number of aromatic nitrogens is 2. The number of hydrogen-bond donors (Lipinski definition) is 0. The van der Waals surface area contributed by atoms with E-state index in [1.807, 2.05) is 18.0 Å². The average Bonchev–Trinajstić information content (AvgIpc) is 3.10. The Balaban J connectivity index is 1.56. The van der Waals surface area contributed by atoms with Crippen LogP contribution in [-0.4, -0.2) is 48.6 Å². The average molecular weight is 464 g/mol. The Morgan fingerprint density at radius 2 is 1.70 bits per heavy atom. The molecule has 1 aromatic heterocycles. The van der Waals surface area contributed by atoms with Crippen LogP contribution in [0.2, 0.25) is 4.82 Å². The Hall–Kier alpha value is -2.36. The summed E-state index contributed by atoms with van der Waals surface area (Å²) in [6, 6.07) is 21.3. The number of nitrogens with zero attached hydrogens (tertiary/aromatic N) is 3. The van der Waals surface area contributed by atoms with Gasteiger partial charge in [0.25, 0.3) is 0 Å². The molecule has 1 aliphatic heterocycles. The summed E-state index contributed by atoms with van der Waals surface area (Å²) < 4.78 is 3.35. The summed E-state index contributed by atoms with van der Waals surface area (Å²) >= 11 is 0.120. The summed E-state index contributed by atoms with van der Waals surface area (Å²) in [5, 5.41) is 5.07. The molecular formula is C25H27N3OSe. The number of piperidine rings is 1. The fraction of sp³-hybridized carbons (Fsp3) is 0.360. The maximum atomic E-state index is 13.2. The molecule has 1 saturated heterocycles. The first-order chi connectivity index (χ1) is 14.5. The normalized spacial score (nSPS) is 25.7. The second kappa shape index (κ2) is 7.40. The van der Waals surface area contributed by atoms with E-state index in [0.717, 1.165) is 19.3 Å². The van der Waals surface area contributed by atoms with Gasteiger partial charge >= 0.3 is 185 Å². The van der Waals surface area contributed by atoms with Gasteiger partial charge < -0.3 is 0 Å². The first kappa shape index (κ1) is 19.6. The van der Waals surface area contributed by atoms with E-state index >= 15 is 0 Å². The first-order valence-corrected chi connectivity index (χ1v) is 12.4. The van der Waals surface area contributed by atoms with Crippen LogP contribution in [0, 0.1) is 0 Å². The van der Waals surface area contributed by atoms with Gasteiger partial charge in [0, 0.05) is 0 Å². The Morgan fingerprint density at radius 1 is 1.03 bits per heavy atom. The molecule has 0 N–H and O–H groups in total. The minimum atomic E-state index is -0.109. The Labute approximate surface area is 184 Å². The molecule has 154 valence electrons. The third kappa shape index (κ3) is 3.03. The van der Waals surface area contributed by atoms with Gasteiger partial charge in [-0.1, -0.05) is 0 Å². The molecule has 0 spiro atoms. The number of carbonyl (C=O) groups excluding carboxylic acids is 1. The SMILES string of the molecule is CN1C(=O)C([Se]c2ccccc2)CC2(C)c3nn(C)c(-c4ccccc4)c3CCC12. The van der Waals surface area contributed by atoms with Crippen LogP contribution in [-0.2, 0) is 23.7 Å². The molecule has 5 rings (SSSR count). The zero-order valence-electron chi connectivity index (χ0n) is 17.7. The molecule has 2 aromatic carbocycles. The van der Waals surface area contributed by atoms with Crippen molar-refractivity contribution >= 4 is 25.3 Å². The Kier molecular flexibility index (Phi) is 4.83. The molecule has 1 fully saturated rings. The van der Waals surface area contributed by atoms with Gasteiger partial charge in [-0.15, -0.1) is 0 Å². The van der Waals surface area contributed by atoms with Crippen molar-refractivity contribution < 1.29 is 4.79 Å². The number of benzene rings is 2. The van der Waals surface area contributed by atoms with Crippen molar-refractivity contribution in [3.8, 4) is 11.3 Å². The van der Waals surface area contributed by atoms with Gasteiger partial charge in [-0.25, -0.2) is 0 Å². The minimum absolute atomic E-state index is 0.0549. The van der Waals surface area contributed by atoms with Gasteiger partial charge in [-0.2, -0.15) is 0 Å². The summed E-state index contributed by atoms with van der Waals surface area (Å²) in [7, 11) is 4.06. The number of likely N-dealkylation sites (tertiary alicyclic amines) is 1. The molecule has 1 aliphatic carbocycles. The van der Waals surface area contributed by atoms with Crippen LogP contribution in [0.3, 0.4) is 0 Å². The van der Waals surface area contributed by atoms with E-state index in [9.17, 15) is 4.79 Å². The van der Waals surface area contributed by atoms with Gasteiger partial charge in [0.1, 0.15) is 0 Å². The van der Waals surface area contributed by atoms with E-state index in [1.165, 1.54) is 27.0 Å². The summed E-state index contributed by atoms with van der Waals surface area (Å²) in [6.07, 6.45) is 2.86. The van der Waals surface area contributed by atoms with E-state index < -0.39 is 0 Å². The monoisotopic (exact) mass is 465 g/mol. The summed E-state index contributed by atoms with van der Waals surface area (Å²) in [4.78, 5) is 15.3. The molecule has 0 saturated carbocycles. The van der Waals surface area contributed by atoms with Crippen molar-refractivity contribution in [1.82, 2.24) is 14.7 Å². The van der Waals surface area contributed by atoms with E-state index in [1.54, 1.807) is 0 Å². The first-order valence-electron chi connectivity index (χ1n) is 10.6. The molecular weight excluding hydrogens is 437 g/mol. The van der Waals surface area contributed by atoms with Crippen LogP contribution < -0.4 is 4.46 Å². The molecule has 5 heteroatoms. The third-order valence-electron chi connectivity index (χ3n) is 6.86. The topological polar surface area (TPSA) is 38.1 Å². The number of rotatable bonds is 3. The number of amides is 1. The van der Waals surface area contributed by atoms with Crippen molar-refractivity contribution in [2.75, 3.05) is 7.05 Å². The summed E-state index contributed by atoms with van der Waals surface area (Å²) in [5.74, 6) is 0.309. The van der Waals surface area contributed by atoms with E-state index in [-0.39, 0.29) is 31.2 Å². The predicted molar refractivity (Wildman–Crippen MR) is 121 cm³/mol. The zero-order chi connectivity index (χ0) is 20.9. The molecule has 2 aliphatic rings. The zero-order valence-corrected chi connectivity index (χ0v) is 19.4. The molecule has 3 atom stereocenters. The third-order valence-corrected chi connectivity index (χ3v) is 9.37. The fourth-order valence-electron chi connectivity index (χ4n) is 5.44. The molecule has 30 heavy (non-hydrogen) atoms.